The highest BCUT2D eigenvalue weighted by Gasteiger charge is 2.27. The number of aromatic nitrogens is 2. The molecule has 0 unspecified atom stereocenters. The van der Waals surface area contributed by atoms with Gasteiger partial charge < -0.3 is 5.32 Å². The van der Waals surface area contributed by atoms with Gasteiger partial charge in [-0.25, -0.2) is 31.6 Å². The lowest BCUT2D eigenvalue weighted by Gasteiger charge is -2.14. The highest BCUT2D eigenvalue weighted by molar-refractivity contribution is 7.92. The number of hydrogen-bond acceptors (Lipinski definition) is 6. The van der Waals surface area contributed by atoms with E-state index in [1.165, 1.54) is 29.5 Å². The molecule has 0 aliphatic carbocycles. The molecule has 0 aliphatic heterocycles. The lowest BCUT2D eigenvalue weighted by molar-refractivity contribution is 0.555. The monoisotopic (exact) mass is 532 g/mol. The van der Waals surface area contributed by atoms with E-state index in [9.17, 15) is 17.2 Å². The molecule has 0 amide bonds. The quantitative estimate of drug-likeness (QED) is 0.299. The van der Waals surface area contributed by atoms with Gasteiger partial charge in [-0.3, -0.25) is 4.72 Å². The van der Waals surface area contributed by atoms with Crippen molar-refractivity contribution < 1.29 is 21.6 Å². The summed E-state index contributed by atoms with van der Waals surface area (Å²) in [7, 11) is -2.88. The second kappa shape index (κ2) is 9.55. The Labute approximate surface area is 211 Å². The summed E-state index contributed by atoms with van der Waals surface area (Å²) in [4.78, 5) is 8.69. The third-order valence-corrected chi connectivity index (χ3v) is 8.14. The fourth-order valence-electron chi connectivity index (χ4n) is 3.40. The van der Waals surface area contributed by atoms with Crippen LogP contribution in [0, 0.1) is 17.5 Å². The molecule has 2 N–H and O–H groups in total. The Morgan fingerprint density at radius 2 is 1.75 bits per heavy atom. The summed E-state index contributed by atoms with van der Waals surface area (Å²) in [5, 5.41) is 3.72. The molecule has 6 nitrogen and oxygen atoms in total. The summed E-state index contributed by atoms with van der Waals surface area (Å²) < 4.78 is 71.1. The first-order chi connectivity index (χ1) is 16.9. The number of hydrogen-bond donors (Lipinski definition) is 2. The minimum absolute atomic E-state index is 0.0551. The van der Waals surface area contributed by atoms with Gasteiger partial charge in [0, 0.05) is 24.2 Å². The topological polar surface area (TPSA) is 84.0 Å². The molecule has 188 valence electrons. The van der Waals surface area contributed by atoms with Gasteiger partial charge in [-0.2, -0.15) is 0 Å². The third-order valence-electron chi connectivity index (χ3n) is 5.23. The number of nitrogens with zero attached hydrogens (tertiary/aromatic N) is 2. The van der Waals surface area contributed by atoms with Crippen molar-refractivity contribution >= 4 is 32.9 Å². The molecule has 0 fully saturated rings. The molecule has 0 spiro atoms. The Bertz CT molecular complexity index is 1550. The van der Waals surface area contributed by atoms with E-state index in [0.29, 0.717) is 28.5 Å². The maximum absolute atomic E-state index is 15.8. The number of rotatable bonds is 6. The number of pyridine rings is 1. The molecular weight excluding hydrogens is 509 g/mol. The molecule has 2 aromatic carbocycles. The van der Waals surface area contributed by atoms with Gasteiger partial charge in [-0.1, -0.05) is 26.8 Å². The molecule has 0 aliphatic rings. The van der Waals surface area contributed by atoms with E-state index in [1.54, 1.807) is 25.4 Å². The van der Waals surface area contributed by atoms with Crippen molar-refractivity contribution in [1.29, 1.82) is 0 Å². The van der Waals surface area contributed by atoms with E-state index < -0.39 is 38.1 Å². The van der Waals surface area contributed by atoms with Crippen LogP contribution in [0.3, 0.4) is 0 Å². The number of nitrogens with one attached hydrogen (secondary N) is 2. The molecule has 2 aromatic heterocycles. The van der Waals surface area contributed by atoms with Crippen molar-refractivity contribution in [1.82, 2.24) is 9.97 Å². The van der Waals surface area contributed by atoms with Crippen LogP contribution in [-0.2, 0) is 15.4 Å². The molecule has 36 heavy (non-hydrogen) atoms. The second-order valence-corrected chi connectivity index (χ2v) is 11.6. The van der Waals surface area contributed by atoms with Gasteiger partial charge in [0.05, 0.1) is 21.3 Å². The van der Waals surface area contributed by atoms with Crippen molar-refractivity contribution in [2.75, 3.05) is 17.1 Å². The highest BCUT2D eigenvalue weighted by Crippen LogP contribution is 2.42. The van der Waals surface area contributed by atoms with Crippen LogP contribution < -0.4 is 10.0 Å². The number of sulfonamides is 1. The van der Waals surface area contributed by atoms with E-state index in [-0.39, 0.29) is 11.0 Å². The molecule has 4 rings (SSSR count). The molecule has 0 saturated heterocycles. The zero-order valence-corrected chi connectivity index (χ0v) is 21.5. The van der Waals surface area contributed by atoms with E-state index >= 15 is 4.39 Å². The summed E-state index contributed by atoms with van der Waals surface area (Å²) >= 11 is 1.40. The minimum atomic E-state index is -4.62. The van der Waals surface area contributed by atoms with Crippen LogP contribution in [0.25, 0.3) is 21.7 Å². The van der Waals surface area contributed by atoms with Crippen molar-refractivity contribution in [3.63, 3.8) is 0 Å². The molecule has 11 heteroatoms. The predicted molar refractivity (Wildman–Crippen MR) is 136 cm³/mol. The number of thiazole rings is 1. The number of benzene rings is 2. The van der Waals surface area contributed by atoms with E-state index in [0.717, 1.165) is 16.6 Å². The Balaban J connectivity index is 1.84. The number of anilines is 2. The lowest BCUT2D eigenvalue weighted by Crippen LogP contribution is -2.16. The first-order valence-corrected chi connectivity index (χ1v) is 13.1. The Kier molecular flexibility index (Phi) is 6.80. The van der Waals surface area contributed by atoms with Crippen LogP contribution in [-0.4, -0.2) is 25.4 Å². The van der Waals surface area contributed by atoms with E-state index in [4.69, 9.17) is 4.98 Å². The molecular formula is C25H23F3N4O2S2. The maximum Gasteiger partial charge on any atom is 0.265 e. The van der Waals surface area contributed by atoms with E-state index in [1.807, 2.05) is 25.5 Å². The predicted octanol–water partition coefficient (Wildman–Crippen LogP) is 6.43. The van der Waals surface area contributed by atoms with E-state index in [2.05, 4.69) is 10.3 Å². The first-order valence-electron chi connectivity index (χ1n) is 10.8. The van der Waals surface area contributed by atoms with Crippen LogP contribution in [0.2, 0.25) is 0 Å². The summed E-state index contributed by atoms with van der Waals surface area (Å²) in [6.45, 7) is 5.96. The van der Waals surface area contributed by atoms with Crippen LogP contribution >= 0.6 is 11.3 Å². The van der Waals surface area contributed by atoms with Gasteiger partial charge in [0.25, 0.3) is 10.0 Å². The summed E-state index contributed by atoms with van der Waals surface area (Å²) in [6, 6.07) is 9.77. The zero-order chi connectivity index (χ0) is 26.3. The molecule has 0 bridgehead atoms. The SMILES string of the molecule is CNc1cc(-c2sc(C(C)(C)C)nc2-c2cccc(NS(=O)(=O)c3cc(F)ccc3F)c2F)ccn1. The van der Waals surface area contributed by atoms with Crippen LogP contribution in [0.5, 0.6) is 0 Å². The molecule has 2 heterocycles. The Hall–Kier alpha value is -3.44. The fraction of sp³-hybridized carbons (Fsp3) is 0.200. The molecule has 0 saturated carbocycles. The molecule has 0 atom stereocenters. The third kappa shape index (κ3) is 5.07. The Morgan fingerprint density at radius 3 is 2.44 bits per heavy atom. The van der Waals surface area contributed by atoms with Gasteiger partial charge >= 0.3 is 0 Å². The van der Waals surface area contributed by atoms with Gasteiger partial charge in [0.1, 0.15) is 22.3 Å². The molecule has 4 aromatic rings. The lowest BCUT2D eigenvalue weighted by atomic mass is 9.98. The fourth-order valence-corrected chi connectivity index (χ4v) is 5.69. The van der Waals surface area contributed by atoms with Crippen molar-refractivity contribution in [2.45, 2.75) is 31.1 Å². The van der Waals surface area contributed by atoms with Gasteiger partial charge in [-0.05, 0) is 48.0 Å². The van der Waals surface area contributed by atoms with Crippen LogP contribution in [0.4, 0.5) is 24.7 Å². The largest absolute Gasteiger partial charge is 0.373 e. The average molecular weight is 533 g/mol. The molecule has 0 radical (unpaired) electrons. The van der Waals surface area contributed by atoms with Crippen LogP contribution in [0.1, 0.15) is 25.8 Å². The smallest absolute Gasteiger partial charge is 0.265 e. The van der Waals surface area contributed by atoms with Crippen molar-refractivity contribution in [2.24, 2.45) is 0 Å². The second-order valence-electron chi connectivity index (χ2n) is 8.97. The van der Waals surface area contributed by atoms with Gasteiger partial charge in [0.2, 0.25) is 0 Å². The zero-order valence-electron chi connectivity index (χ0n) is 19.9. The first kappa shape index (κ1) is 25.6. The maximum atomic E-state index is 15.8. The van der Waals surface area contributed by atoms with Crippen molar-refractivity contribution in [3.8, 4) is 21.7 Å². The summed E-state index contributed by atoms with van der Waals surface area (Å²) in [5.41, 5.74) is 0.386. The number of halogens is 3. The van der Waals surface area contributed by atoms with Gasteiger partial charge in [0.15, 0.2) is 5.82 Å². The normalized spacial score (nSPS) is 12.0. The van der Waals surface area contributed by atoms with Gasteiger partial charge in [-0.15, -0.1) is 11.3 Å². The highest BCUT2D eigenvalue weighted by atomic mass is 32.2. The van der Waals surface area contributed by atoms with Crippen molar-refractivity contribution in [3.05, 3.63) is 77.2 Å². The standard InChI is InChI=1S/C25H23F3N4O2S2/c1-25(2,3)24-31-22(23(35-24)14-10-11-30-20(12-14)29-4)16-6-5-7-18(21(16)28)32-36(33,34)19-13-15(26)8-9-17(19)27/h5-13,32H,1-4H3,(H,29,30). The summed E-state index contributed by atoms with van der Waals surface area (Å²) in [6.07, 6.45) is 1.62. The van der Waals surface area contributed by atoms with Crippen LogP contribution in [0.15, 0.2) is 59.6 Å². The Morgan fingerprint density at radius 1 is 1.00 bits per heavy atom. The average Bonchev–Trinajstić information content (AvgIpc) is 3.28. The minimum Gasteiger partial charge on any atom is -0.373 e. The summed E-state index contributed by atoms with van der Waals surface area (Å²) in [5.74, 6) is -2.38.